The number of amides is 3. The number of hydrogen-bond acceptors (Lipinski definition) is 5. The van der Waals surface area contributed by atoms with E-state index in [-0.39, 0.29) is 18.5 Å². The van der Waals surface area contributed by atoms with Gasteiger partial charge in [0.1, 0.15) is 0 Å². The molecule has 0 N–H and O–H groups in total. The number of likely N-dealkylation sites (N-methyl/N-ethyl adjacent to an activating group) is 1. The Balaban J connectivity index is 1.79. The van der Waals surface area contributed by atoms with Gasteiger partial charge in [0.05, 0.1) is 12.2 Å². The Morgan fingerprint density at radius 2 is 1.83 bits per heavy atom. The number of guanidine groups is 1. The summed E-state index contributed by atoms with van der Waals surface area (Å²) in [7, 11) is 1.71. The number of rotatable bonds is 3. The number of hydrogen-bond donors (Lipinski definition) is 0. The minimum absolute atomic E-state index is 0.219. The highest BCUT2D eigenvalue weighted by molar-refractivity contribution is 6.10. The zero-order chi connectivity index (χ0) is 21.2. The summed E-state index contributed by atoms with van der Waals surface area (Å²) in [6.07, 6.45) is -0.539. The Morgan fingerprint density at radius 3 is 2.45 bits per heavy atom. The van der Waals surface area contributed by atoms with Gasteiger partial charge in [-0.3, -0.25) is 19.5 Å². The normalized spacial score (nSPS) is 23.7. The van der Waals surface area contributed by atoms with Crippen LogP contribution in [0.4, 0.5) is 10.5 Å². The van der Waals surface area contributed by atoms with Gasteiger partial charge in [0.25, 0.3) is 5.91 Å². The molecule has 29 heavy (non-hydrogen) atoms. The Kier molecular flexibility index (Phi) is 4.29. The lowest BCUT2D eigenvalue weighted by molar-refractivity contribution is -0.136. The molecule has 3 amide bonds. The number of allylic oxidation sites excluding steroid dienone is 2. The predicted molar refractivity (Wildman–Crippen MR) is 113 cm³/mol. The first-order valence-corrected chi connectivity index (χ1v) is 9.78. The first-order valence-electron chi connectivity index (χ1n) is 9.78. The minimum Gasteiger partial charge on any atom is -0.302 e. The Morgan fingerprint density at radius 1 is 1.14 bits per heavy atom. The van der Waals surface area contributed by atoms with Crippen LogP contribution in [0.15, 0.2) is 46.7 Å². The number of fused-ring (bicyclic) bond motifs is 3. The van der Waals surface area contributed by atoms with Crippen LogP contribution in [0.2, 0.25) is 0 Å². The molecule has 1 saturated heterocycles. The molecule has 0 bridgehead atoms. The fraction of sp³-hybridized carbons (Fsp3) is 0.409. The molecule has 1 aromatic carbocycles. The molecule has 0 radical (unpaired) electrons. The van der Waals surface area contributed by atoms with Crippen LogP contribution >= 0.6 is 0 Å². The highest BCUT2D eigenvalue weighted by atomic mass is 16.2. The molecule has 4 rings (SSSR count). The van der Waals surface area contributed by atoms with Crippen LogP contribution in [-0.2, 0) is 4.79 Å². The lowest BCUT2D eigenvalue weighted by atomic mass is 10.1. The van der Waals surface area contributed by atoms with Crippen molar-refractivity contribution >= 4 is 23.6 Å². The van der Waals surface area contributed by atoms with Gasteiger partial charge in [-0.15, -0.1) is 0 Å². The third-order valence-corrected chi connectivity index (χ3v) is 5.91. The maximum absolute atomic E-state index is 13.3. The lowest BCUT2D eigenvalue weighted by Crippen LogP contribution is -2.64. The fourth-order valence-corrected chi connectivity index (χ4v) is 4.37. The van der Waals surface area contributed by atoms with E-state index in [1.807, 2.05) is 25.7 Å². The number of anilines is 1. The van der Waals surface area contributed by atoms with Crippen LogP contribution in [-0.4, -0.2) is 58.4 Å². The van der Waals surface area contributed by atoms with E-state index >= 15 is 0 Å². The van der Waals surface area contributed by atoms with Gasteiger partial charge in [0, 0.05) is 18.4 Å². The number of carbonyl (C=O) groups excluding carboxylic acids is 2. The van der Waals surface area contributed by atoms with Crippen LogP contribution in [0.1, 0.15) is 31.9 Å². The van der Waals surface area contributed by atoms with Crippen molar-refractivity contribution in [1.29, 1.82) is 0 Å². The summed E-state index contributed by atoms with van der Waals surface area (Å²) in [5, 5.41) is 0. The molecule has 7 heteroatoms. The van der Waals surface area contributed by atoms with Gasteiger partial charge in [0.15, 0.2) is 12.2 Å². The fourth-order valence-electron chi connectivity index (χ4n) is 4.37. The number of benzene rings is 1. The van der Waals surface area contributed by atoms with Crippen molar-refractivity contribution < 1.29 is 9.59 Å². The molecule has 2 unspecified atom stereocenters. The summed E-state index contributed by atoms with van der Waals surface area (Å²) in [5.74, 6) is 0.474. The van der Waals surface area contributed by atoms with Crippen LogP contribution in [0, 0.1) is 13.8 Å². The van der Waals surface area contributed by atoms with E-state index in [1.165, 1.54) is 10.5 Å². The van der Waals surface area contributed by atoms with Crippen LogP contribution in [0.5, 0.6) is 0 Å². The predicted octanol–water partition coefficient (Wildman–Crippen LogP) is 3.21. The third kappa shape index (κ3) is 2.68. The topological polar surface area (TPSA) is 59.5 Å². The molecule has 3 heterocycles. The average molecular weight is 393 g/mol. The molecule has 3 aliphatic rings. The van der Waals surface area contributed by atoms with E-state index < -0.39 is 12.2 Å². The third-order valence-electron chi connectivity index (χ3n) is 5.91. The van der Waals surface area contributed by atoms with Gasteiger partial charge in [-0.1, -0.05) is 29.8 Å². The van der Waals surface area contributed by atoms with Crippen LogP contribution < -0.4 is 4.90 Å². The number of aryl methyl sites for hydroxylation is 2. The summed E-state index contributed by atoms with van der Waals surface area (Å²) in [6.45, 7) is 14.1. The molecule has 0 aliphatic carbocycles. The quantitative estimate of drug-likeness (QED) is 0.740. The summed E-state index contributed by atoms with van der Waals surface area (Å²) >= 11 is 0. The van der Waals surface area contributed by atoms with E-state index in [2.05, 4.69) is 43.5 Å². The van der Waals surface area contributed by atoms with E-state index in [0.717, 1.165) is 28.2 Å². The second-order valence-corrected chi connectivity index (χ2v) is 8.23. The van der Waals surface area contributed by atoms with Crippen molar-refractivity contribution in [3.05, 3.63) is 52.9 Å². The van der Waals surface area contributed by atoms with Crippen molar-refractivity contribution in [2.24, 2.45) is 4.99 Å². The van der Waals surface area contributed by atoms with E-state index in [1.54, 1.807) is 11.9 Å². The van der Waals surface area contributed by atoms with Gasteiger partial charge in [0.2, 0.25) is 5.96 Å². The molecule has 1 fully saturated rings. The standard InChI is InChI=1S/C22H27N5O2/c1-12(2)11-25-20(28)18-19(24(7)22(25)29)23-21-26(15(5)16(6)27(18)21)17-9-8-13(3)10-14(17)4/h8-10,18-19H,1,11H2,2-7H3. The number of urea groups is 1. The lowest BCUT2D eigenvalue weighted by Gasteiger charge is -2.40. The maximum atomic E-state index is 13.3. The van der Waals surface area contributed by atoms with Crippen molar-refractivity contribution in [3.8, 4) is 0 Å². The van der Waals surface area contributed by atoms with Gasteiger partial charge >= 0.3 is 6.03 Å². The number of aliphatic imine (C=N–C) groups is 1. The SMILES string of the molecule is C=C(C)CN1C(=O)C2C(N=C3N(c4ccc(C)cc4C)C(C)=C(C)N32)N(C)C1=O. The molecule has 3 aliphatic heterocycles. The van der Waals surface area contributed by atoms with E-state index in [9.17, 15) is 9.59 Å². The first-order chi connectivity index (χ1) is 13.6. The molecular formula is C22H27N5O2. The Bertz CT molecular complexity index is 1010. The molecular weight excluding hydrogens is 366 g/mol. The number of nitrogens with zero attached hydrogens (tertiary/aromatic N) is 5. The smallest absolute Gasteiger partial charge is 0.302 e. The maximum Gasteiger partial charge on any atom is 0.328 e. The summed E-state index contributed by atoms with van der Waals surface area (Å²) in [6, 6.07) is 5.41. The molecule has 7 nitrogen and oxygen atoms in total. The summed E-state index contributed by atoms with van der Waals surface area (Å²) < 4.78 is 0. The van der Waals surface area contributed by atoms with E-state index in [0.29, 0.717) is 5.96 Å². The van der Waals surface area contributed by atoms with Gasteiger partial charge < -0.3 is 4.90 Å². The number of carbonyl (C=O) groups is 2. The van der Waals surface area contributed by atoms with Gasteiger partial charge in [-0.25, -0.2) is 9.79 Å². The summed E-state index contributed by atoms with van der Waals surface area (Å²) in [4.78, 5) is 37.9. The second-order valence-electron chi connectivity index (χ2n) is 8.23. The minimum atomic E-state index is -0.558. The highest BCUT2D eigenvalue weighted by Gasteiger charge is 2.55. The molecule has 152 valence electrons. The van der Waals surface area contributed by atoms with Crippen LogP contribution in [0.25, 0.3) is 0 Å². The van der Waals surface area contributed by atoms with Gasteiger partial charge in [-0.05, 0) is 46.2 Å². The first kappa shape index (κ1) is 19.2. The van der Waals surface area contributed by atoms with Gasteiger partial charge in [-0.2, -0.15) is 0 Å². The van der Waals surface area contributed by atoms with Crippen molar-refractivity contribution in [2.45, 2.75) is 46.8 Å². The molecule has 1 aromatic rings. The average Bonchev–Trinajstić information content (AvgIpc) is 3.14. The van der Waals surface area contributed by atoms with Crippen molar-refractivity contribution in [1.82, 2.24) is 14.7 Å². The Hall–Kier alpha value is -3.09. The van der Waals surface area contributed by atoms with Crippen molar-refractivity contribution in [2.75, 3.05) is 18.5 Å². The van der Waals surface area contributed by atoms with E-state index in [4.69, 9.17) is 4.99 Å². The molecule has 2 atom stereocenters. The number of imide groups is 1. The second kappa shape index (κ2) is 6.47. The monoisotopic (exact) mass is 393 g/mol. The zero-order valence-corrected chi connectivity index (χ0v) is 17.9. The van der Waals surface area contributed by atoms with Crippen LogP contribution in [0.3, 0.4) is 0 Å². The molecule has 0 aromatic heterocycles. The molecule has 0 spiro atoms. The summed E-state index contributed by atoms with van der Waals surface area (Å²) in [5.41, 5.74) is 6.14. The van der Waals surface area contributed by atoms with Crippen molar-refractivity contribution in [3.63, 3.8) is 0 Å². The Labute approximate surface area is 171 Å². The molecule has 0 saturated carbocycles. The largest absolute Gasteiger partial charge is 0.328 e. The zero-order valence-electron chi connectivity index (χ0n) is 17.9. The highest BCUT2D eigenvalue weighted by Crippen LogP contribution is 2.40.